The minimum absolute atomic E-state index is 0.0901. The number of carbonyl (C=O) groups is 1. The summed E-state index contributed by atoms with van der Waals surface area (Å²) in [5.41, 5.74) is 3.47. The van der Waals surface area contributed by atoms with Gasteiger partial charge in [-0.3, -0.25) is 9.48 Å². The fourth-order valence-electron chi connectivity index (χ4n) is 2.17. The van der Waals surface area contributed by atoms with E-state index in [-0.39, 0.29) is 12.5 Å². The zero-order chi connectivity index (χ0) is 16.3. The van der Waals surface area contributed by atoms with Crippen molar-refractivity contribution in [1.82, 2.24) is 9.78 Å². The third kappa shape index (κ3) is 3.39. The molecule has 0 atom stereocenters. The lowest BCUT2D eigenvalue weighted by Crippen LogP contribution is -2.21. The third-order valence-electron chi connectivity index (χ3n) is 3.45. The van der Waals surface area contributed by atoms with Gasteiger partial charge in [-0.05, 0) is 38.5 Å². The normalized spacial score (nSPS) is 10.4. The number of aryl methyl sites for hydroxylation is 3. The summed E-state index contributed by atoms with van der Waals surface area (Å²) >= 11 is 0. The number of hydrogen-bond donors (Lipinski definition) is 1. The van der Waals surface area contributed by atoms with E-state index in [9.17, 15) is 4.79 Å². The Morgan fingerprint density at radius 2 is 2.00 bits per heavy atom. The Morgan fingerprint density at radius 3 is 2.59 bits per heavy atom. The zero-order valence-electron chi connectivity index (χ0n) is 13.6. The first-order valence-corrected chi connectivity index (χ1v) is 7.00. The van der Waals surface area contributed by atoms with Gasteiger partial charge in [-0.2, -0.15) is 5.10 Å². The van der Waals surface area contributed by atoms with Crippen molar-refractivity contribution in [3.63, 3.8) is 0 Å². The van der Waals surface area contributed by atoms with Crippen molar-refractivity contribution in [2.75, 3.05) is 19.0 Å². The van der Waals surface area contributed by atoms with Gasteiger partial charge in [0.15, 0.2) is 18.1 Å². The minimum atomic E-state index is -0.234. The molecule has 0 aliphatic heterocycles. The number of carbonyl (C=O) groups excluding carboxylic acids is 1. The molecule has 6 nitrogen and oxygen atoms in total. The number of anilines is 1. The molecule has 2 rings (SSSR count). The number of nitrogens with one attached hydrogen (secondary N) is 1. The number of hydrogen-bond acceptors (Lipinski definition) is 4. The summed E-state index contributed by atoms with van der Waals surface area (Å²) < 4.78 is 12.5. The molecular formula is C16H21N3O3. The number of amides is 1. The van der Waals surface area contributed by atoms with Crippen LogP contribution in [0.4, 0.5) is 5.69 Å². The molecule has 1 aromatic carbocycles. The Morgan fingerprint density at radius 1 is 1.27 bits per heavy atom. The number of nitrogens with zero attached hydrogens (tertiary/aromatic N) is 2. The summed E-state index contributed by atoms with van der Waals surface area (Å²) in [6, 6.07) is 5.57. The maximum Gasteiger partial charge on any atom is 0.262 e. The summed E-state index contributed by atoms with van der Waals surface area (Å²) in [5.74, 6) is 0.922. The minimum Gasteiger partial charge on any atom is -0.493 e. The lowest BCUT2D eigenvalue weighted by molar-refractivity contribution is -0.118. The first-order chi connectivity index (χ1) is 10.4. The van der Waals surface area contributed by atoms with Gasteiger partial charge in [0.2, 0.25) is 0 Å². The Bertz CT molecular complexity index is 692. The number of benzene rings is 1. The highest BCUT2D eigenvalue weighted by atomic mass is 16.5. The average Bonchev–Trinajstić information content (AvgIpc) is 2.72. The molecule has 0 aliphatic rings. The van der Waals surface area contributed by atoms with E-state index in [1.807, 2.05) is 40.0 Å². The van der Waals surface area contributed by atoms with Crippen LogP contribution in [0.5, 0.6) is 11.5 Å². The second-order valence-corrected chi connectivity index (χ2v) is 5.16. The molecule has 1 aromatic heterocycles. The molecule has 2 aromatic rings. The van der Waals surface area contributed by atoms with Crippen LogP contribution in [0, 0.1) is 20.8 Å². The lowest BCUT2D eigenvalue weighted by Gasteiger charge is -2.11. The van der Waals surface area contributed by atoms with Crippen LogP contribution in [0.3, 0.4) is 0 Å². The van der Waals surface area contributed by atoms with Gasteiger partial charge < -0.3 is 14.8 Å². The van der Waals surface area contributed by atoms with Gasteiger partial charge in [0.25, 0.3) is 5.91 Å². The molecule has 0 saturated carbocycles. The maximum atomic E-state index is 12.1. The van der Waals surface area contributed by atoms with Gasteiger partial charge in [0.05, 0.1) is 24.2 Å². The molecule has 118 valence electrons. The Balaban J connectivity index is 2.01. The average molecular weight is 303 g/mol. The molecule has 0 fully saturated rings. The van der Waals surface area contributed by atoms with E-state index in [0.717, 1.165) is 22.6 Å². The Hall–Kier alpha value is -2.50. The highest BCUT2D eigenvalue weighted by molar-refractivity contribution is 5.93. The van der Waals surface area contributed by atoms with Crippen LogP contribution in [0.2, 0.25) is 0 Å². The fraction of sp³-hybridized carbons (Fsp3) is 0.375. The van der Waals surface area contributed by atoms with E-state index >= 15 is 0 Å². The van der Waals surface area contributed by atoms with Crippen LogP contribution in [-0.4, -0.2) is 29.4 Å². The van der Waals surface area contributed by atoms with Crippen molar-refractivity contribution >= 4 is 11.6 Å². The lowest BCUT2D eigenvalue weighted by atomic mass is 10.2. The topological polar surface area (TPSA) is 65.4 Å². The van der Waals surface area contributed by atoms with Crippen molar-refractivity contribution in [1.29, 1.82) is 0 Å². The molecule has 0 radical (unpaired) electrons. The molecule has 0 spiro atoms. The van der Waals surface area contributed by atoms with Crippen molar-refractivity contribution in [3.05, 3.63) is 35.2 Å². The second kappa shape index (κ2) is 6.51. The van der Waals surface area contributed by atoms with Gasteiger partial charge in [0, 0.05) is 7.05 Å². The SMILES string of the molecule is COc1cc(C)ccc1OCC(=O)Nc1c(C)nn(C)c1C. The van der Waals surface area contributed by atoms with E-state index in [0.29, 0.717) is 11.5 Å². The number of methoxy groups -OCH3 is 1. The van der Waals surface area contributed by atoms with Crippen LogP contribution in [0.15, 0.2) is 18.2 Å². The van der Waals surface area contributed by atoms with E-state index in [1.54, 1.807) is 17.9 Å². The molecule has 1 heterocycles. The van der Waals surface area contributed by atoms with Crippen LogP contribution < -0.4 is 14.8 Å². The van der Waals surface area contributed by atoms with Crippen molar-refractivity contribution in [2.45, 2.75) is 20.8 Å². The highest BCUT2D eigenvalue weighted by Crippen LogP contribution is 2.27. The Kier molecular flexibility index (Phi) is 4.70. The molecule has 22 heavy (non-hydrogen) atoms. The maximum absolute atomic E-state index is 12.1. The number of ether oxygens (including phenoxy) is 2. The van der Waals surface area contributed by atoms with Crippen LogP contribution in [-0.2, 0) is 11.8 Å². The zero-order valence-corrected chi connectivity index (χ0v) is 13.6. The number of rotatable bonds is 5. The quantitative estimate of drug-likeness (QED) is 0.921. The summed E-state index contributed by atoms with van der Waals surface area (Å²) in [6.07, 6.45) is 0. The van der Waals surface area contributed by atoms with Crippen molar-refractivity contribution in [3.8, 4) is 11.5 Å². The predicted octanol–water partition coefficient (Wildman–Crippen LogP) is 2.37. The van der Waals surface area contributed by atoms with E-state index in [1.165, 1.54) is 0 Å². The molecule has 0 bridgehead atoms. The second-order valence-electron chi connectivity index (χ2n) is 5.16. The van der Waals surface area contributed by atoms with Crippen molar-refractivity contribution < 1.29 is 14.3 Å². The summed E-state index contributed by atoms with van der Waals surface area (Å²) in [4.78, 5) is 12.1. The van der Waals surface area contributed by atoms with Crippen LogP contribution in [0.1, 0.15) is 17.0 Å². The molecular weight excluding hydrogens is 282 g/mol. The van der Waals surface area contributed by atoms with Crippen molar-refractivity contribution in [2.24, 2.45) is 7.05 Å². The smallest absolute Gasteiger partial charge is 0.262 e. The summed E-state index contributed by atoms with van der Waals surface area (Å²) in [5, 5.41) is 7.09. The molecule has 0 saturated heterocycles. The summed E-state index contributed by atoms with van der Waals surface area (Å²) in [7, 11) is 3.41. The van der Waals surface area contributed by atoms with Gasteiger partial charge in [-0.15, -0.1) is 0 Å². The van der Waals surface area contributed by atoms with Crippen LogP contribution >= 0.6 is 0 Å². The molecule has 0 unspecified atom stereocenters. The monoisotopic (exact) mass is 303 g/mol. The largest absolute Gasteiger partial charge is 0.493 e. The standard InChI is InChI=1S/C16H21N3O3/c1-10-6-7-13(14(8-10)21-5)22-9-15(20)17-16-11(2)18-19(4)12(16)3/h6-8H,9H2,1-5H3,(H,17,20). The van der Waals surface area contributed by atoms with E-state index in [2.05, 4.69) is 10.4 Å². The first kappa shape index (κ1) is 15.9. The number of aromatic nitrogens is 2. The predicted molar refractivity (Wildman–Crippen MR) is 84.5 cm³/mol. The van der Waals surface area contributed by atoms with Gasteiger partial charge in [-0.1, -0.05) is 6.07 Å². The molecule has 0 aliphatic carbocycles. The Labute approximate surface area is 130 Å². The van der Waals surface area contributed by atoms with Gasteiger partial charge in [0.1, 0.15) is 0 Å². The first-order valence-electron chi connectivity index (χ1n) is 7.00. The summed E-state index contributed by atoms with van der Waals surface area (Å²) in [6.45, 7) is 5.63. The molecule has 6 heteroatoms. The van der Waals surface area contributed by atoms with E-state index in [4.69, 9.17) is 9.47 Å². The molecule has 1 N–H and O–H groups in total. The fourth-order valence-corrected chi connectivity index (χ4v) is 2.17. The van der Waals surface area contributed by atoms with E-state index < -0.39 is 0 Å². The third-order valence-corrected chi connectivity index (χ3v) is 3.45. The highest BCUT2D eigenvalue weighted by Gasteiger charge is 2.13. The van der Waals surface area contributed by atoms with Crippen LogP contribution in [0.25, 0.3) is 0 Å². The van der Waals surface area contributed by atoms with Gasteiger partial charge in [-0.25, -0.2) is 0 Å². The van der Waals surface area contributed by atoms with Gasteiger partial charge >= 0.3 is 0 Å². The molecule has 1 amide bonds.